The zero-order valence-electron chi connectivity index (χ0n) is 12.1. The second kappa shape index (κ2) is 12.9. The highest BCUT2D eigenvalue weighted by molar-refractivity contribution is 14.0. The number of nitrogens with zero attached hydrogens (tertiary/aromatic N) is 1. The third-order valence-electron chi connectivity index (χ3n) is 2.66. The maximum atomic E-state index is 5.40. The van der Waals surface area contributed by atoms with E-state index in [2.05, 4.69) is 22.5 Å². The summed E-state index contributed by atoms with van der Waals surface area (Å²) in [6.07, 6.45) is 4.67. The number of unbranched alkanes of at least 4 members (excludes halogenated alkanes) is 1. The average molecular weight is 385 g/mol. The van der Waals surface area contributed by atoms with Crippen LogP contribution < -0.4 is 10.6 Å². The van der Waals surface area contributed by atoms with E-state index in [9.17, 15) is 0 Å². The molecule has 1 aliphatic rings. The number of rotatable bonds is 10. The predicted octanol–water partition coefficient (Wildman–Crippen LogP) is 1.77. The van der Waals surface area contributed by atoms with Gasteiger partial charge in [0.05, 0.1) is 13.2 Å². The molecule has 0 radical (unpaired) electrons. The van der Waals surface area contributed by atoms with Gasteiger partial charge < -0.3 is 20.1 Å². The molecule has 1 saturated carbocycles. The van der Waals surface area contributed by atoms with E-state index < -0.39 is 0 Å². The third kappa shape index (κ3) is 11.4. The van der Waals surface area contributed by atoms with Crippen molar-refractivity contribution in [2.75, 3.05) is 40.0 Å². The topological polar surface area (TPSA) is 54.9 Å². The maximum absolute atomic E-state index is 5.40. The van der Waals surface area contributed by atoms with E-state index >= 15 is 0 Å². The zero-order valence-corrected chi connectivity index (χ0v) is 14.4. The summed E-state index contributed by atoms with van der Waals surface area (Å²) in [7, 11) is 1.69. The van der Waals surface area contributed by atoms with Crippen LogP contribution in [0.4, 0.5) is 0 Å². The van der Waals surface area contributed by atoms with E-state index in [0.717, 1.165) is 38.5 Å². The molecule has 0 amide bonds. The highest BCUT2D eigenvalue weighted by Gasteiger charge is 2.21. The Bertz CT molecular complexity index is 236. The lowest BCUT2D eigenvalue weighted by Gasteiger charge is -2.10. The zero-order chi connectivity index (χ0) is 13.1. The van der Waals surface area contributed by atoms with Crippen molar-refractivity contribution >= 4 is 29.9 Å². The van der Waals surface area contributed by atoms with Gasteiger partial charge in [-0.1, -0.05) is 0 Å². The highest BCUT2D eigenvalue weighted by atomic mass is 127. The Morgan fingerprint density at radius 3 is 2.63 bits per heavy atom. The van der Waals surface area contributed by atoms with Crippen molar-refractivity contribution in [2.45, 2.75) is 38.6 Å². The molecule has 0 aromatic heterocycles. The summed E-state index contributed by atoms with van der Waals surface area (Å²) in [6.45, 7) is 6.02. The van der Waals surface area contributed by atoms with Gasteiger partial charge in [-0.05, 0) is 32.6 Å². The van der Waals surface area contributed by atoms with Crippen LogP contribution in [0.3, 0.4) is 0 Å². The molecule has 2 N–H and O–H groups in total. The first-order valence-corrected chi connectivity index (χ1v) is 6.98. The Balaban J connectivity index is 0.00000324. The lowest BCUT2D eigenvalue weighted by Crippen LogP contribution is -2.38. The average Bonchev–Trinajstić information content (AvgIpc) is 3.16. The van der Waals surface area contributed by atoms with E-state index in [1.54, 1.807) is 7.11 Å². The van der Waals surface area contributed by atoms with Crippen LogP contribution in [0.2, 0.25) is 0 Å². The van der Waals surface area contributed by atoms with Crippen molar-refractivity contribution in [1.82, 2.24) is 10.6 Å². The number of hydrogen-bond donors (Lipinski definition) is 2. The lowest BCUT2D eigenvalue weighted by atomic mass is 10.3. The summed E-state index contributed by atoms with van der Waals surface area (Å²) in [5, 5.41) is 6.67. The second-order valence-electron chi connectivity index (χ2n) is 4.49. The second-order valence-corrected chi connectivity index (χ2v) is 4.49. The van der Waals surface area contributed by atoms with Gasteiger partial charge in [0.15, 0.2) is 5.96 Å². The normalized spacial score (nSPS) is 14.9. The molecule has 0 unspecified atom stereocenters. The first-order chi connectivity index (χ1) is 8.86. The van der Waals surface area contributed by atoms with Crippen LogP contribution in [0.1, 0.15) is 32.6 Å². The largest absolute Gasteiger partial charge is 0.382 e. The fourth-order valence-corrected chi connectivity index (χ4v) is 1.49. The van der Waals surface area contributed by atoms with Crippen LogP contribution in [0.25, 0.3) is 0 Å². The van der Waals surface area contributed by atoms with E-state index in [-0.39, 0.29) is 24.0 Å². The molecular weight excluding hydrogens is 357 g/mol. The van der Waals surface area contributed by atoms with Crippen molar-refractivity contribution in [2.24, 2.45) is 4.99 Å². The van der Waals surface area contributed by atoms with E-state index in [1.807, 2.05) is 0 Å². The van der Waals surface area contributed by atoms with Crippen molar-refractivity contribution in [1.29, 1.82) is 0 Å². The summed E-state index contributed by atoms with van der Waals surface area (Å²) >= 11 is 0. The fraction of sp³-hybridized carbons (Fsp3) is 0.923. The molecule has 1 rings (SSSR count). The maximum Gasteiger partial charge on any atom is 0.191 e. The van der Waals surface area contributed by atoms with Gasteiger partial charge in [0.2, 0.25) is 0 Å². The van der Waals surface area contributed by atoms with Gasteiger partial charge in [-0.15, -0.1) is 24.0 Å². The standard InChI is InChI=1S/C13H27N3O2.HI/c1-3-14-13(16-12-6-7-12)15-8-4-5-9-18-11-10-17-2;/h12H,3-11H2,1-2H3,(H2,14,15,16);1H. The molecule has 114 valence electrons. The van der Waals surface area contributed by atoms with Crippen LogP contribution in [-0.2, 0) is 9.47 Å². The van der Waals surface area contributed by atoms with Crippen LogP contribution in [0.15, 0.2) is 4.99 Å². The molecule has 0 bridgehead atoms. The van der Waals surface area contributed by atoms with Gasteiger partial charge in [-0.2, -0.15) is 0 Å². The smallest absolute Gasteiger partial charge is 0.191 e. The summed E-state index contributed by atoms with van der Waals surface area (Å²) in [5.41, 5.74) is 0. The molecule has 0 spiro atoms. The predicted molar refractivity (Wildman–Crippen MR) is 89.5 cm³/mol. The molecule has 0 heterocycles. The molecule has 6 heteroatoms. The van der Waals surface area contributed by atoms with Crippen LogP contribution in [0, 0.1) is 0 Å². The van der Waals surface area contributed by atoms with E-state index in [0.29, 0.717) is 19.3 Å². The fourth-order valence-electron chi connectivity index (χ4n) is 1.49. The number of halogens is 1. The van der Waals surface area contributed by atoms with Gasteiger partial charge in [0, 0.05) is 32.8 Å². The Kier molecular flexibility index (Phi) is 12.9. The number of ether oxygens (including phenoxy) is 2. The summed E-state index contributed by atoms with van der Waals surface area (Å²) in [6, 6.07) is 0.653. The molecule has 1 aliphatic carbocycles. The first-order valence-electron chi connectivity index (χ1n) is 6.98. The lowest BCUT2D eigenvalue weighted by molar-refractivity contribution is 0.0690. The van der Waals surface area contributed by atoms with Crippen molar-refractivity contribution in [3.8, 4) is 0 Å². The molecular formula is C13H28IN3O2. The van der Waals surface area contributed by atoms with Crippen molar-refractivity contribution in [3.05, 3.63) is 0 Å². The molecule has 0 aliphatic heterocycles. The van der Waals surface area contributed by atoms with Gasteiger partial charge in [0.1, 0.15) is 0 Å². The highest BCUT2D eigenvalue weighted by Crippen LogP contribution is 2.18. The van der Waals surface area contributed by atoms with Crippen LogP contribution >= 0.6 is 24.0 Å². The molecule has 1 fully saturated rings. The molecule has 19 heavy (non-hydrogen) atoms. The molecule has 0 atom stereocenters. The van der Waals surface area contributed by atoms with Gasteiger partial charge in [-0.25, -0.2) is 0 Å². The minimum absolute atomic E-state index is 0. The summed E-state index contributed by atoms with van der Waals surface area (Å²) in [5.74, 6) is 0.959. The first kappa shape index (κ1) is 18.9. The number of hydrogen-bond acceptors (Lipinski definition) is 3. The monoisotopic (exact) mass is 385 g/mol. The van der Waals surface area contributed by atoms with Crippen LogP contribution in [0.5, 0.6) is 0 Å². The summed E-state index contributed by atoms with van der Waals surface area (Å²) in [4.78, 5) is 4.54. The SMILES string of the molecule is CCNC(=NCCCCOCCOC)NC1CC1.I. The minimum Gasteiger partial charge on any atom is -0.382 e. The van der Waals surface area contributed by atoms with Crippen molar-refractivity contribution < 1.29 is 9.47 Å². The number of methoxy groups -OCH3 is 1. The Labute approximate surface area is 133 Å². The minimum atomic E-state index is 0. The van der Waals surface area contributed by atoms with E-state index in [4.69, 9.17) is 9.47 Å². The van der Waals surface area contributed by atoms with Crippen LogP contribution in [-0.4, -0.2) is 52.0 Å². The number of nitrogens with one attached hydrogen (secondary N) is 2. The van der Waals surface area contributed by atoms with Gasteiger partial charge in [0.25, 0.3) is 0 Å². The number of guanidine groups is 1. The van der Waals surface area contributed by atoms with Gasteiger partial charge >= 0.3 is 0 Å². The Hall–Kier alpha value is -0.0800. The third-order valence-corrected chi connectivity index (χ3v) is 2.66. The van der Waals surface area contributed by atoms with Crippen molar-refractivity contribution in [3.63, 3.8) is 0 Å². The Morgan fingerprint density at radius 2 is 2.00 bits per heavy atom. The molecule has 0 aromatic rings. The van der Waals surface area contributed by atoms with E-state index in [1.165, 1.54) is 12.8 Å². The Morgan fingerprint density at radius 1 is 1.21 bits per heavy atom. The number of aliphatic imine (C=N–C) groups is 1. The molecule has 0 saturated heterocycles. The quantitative estimate of drug-likeness (QED) is 0.261. The molecule has 0 aromatic carbocycles. The summed E-state index contributed by atoms with van der Waals surface area (Å²) < 4.78 is 10.3. The molecule has 5 nitrogen and oxygen atoms in total. The van der Waals surface area contributed by atoms with Gasteiger partial charge in [-0.3, -0.25) is 4.99 Å².